The first-order chi connectivity index (χ1) is 24.3. The standard InChI is InChI=1S/C32H31F3NO.C13H24O2.Ir/c1-30(2,3)18-21-11-12-27(37-21)25-17-24-23(28(25)32(33,34)35)13-14-36-29(24)20-15-19-9-7-8-10-22(19)26(16-20)31(4,5)6;1-5-10(6-2)12(14)9-13(15)11(7-3)8-4;/h7-14,16H,17-18H2,1-6H3;9-11,14H,5-8H2,1-4H3;/q-1;;/b;12-9-;. The van der Waals surface area contributed by atoms with E-state index in [1.165, 1.54) is 18.3 Å². The monoisotopic (exact) mass is 907 g/mol. The van der Waals surface area contributed by atoms with Gasteiger partial charge in [0.15, 0.2) is 5.78 Å². The molecule has 8 heteroatoms. The van der Waals surface area contributed by atoms with E-state index < -0.39 is 11.7 Å². The van der Waals surface area contributed by atoms with Crippen LogP contribution in [-0.2, 0) is 43.2 Å². The summed E-state index contributed by atoms with van der Waals surface area (Å²) in [6.07, 6.45) is 2.59. The molecule has 0 spiro atoms. The first-order valence-electron chi connectivity index (χ1n) is 18.6. The third-order valence-corrected chi connectivity index (χ3v) is 9.85. The Hall–Kier alpha value is -3.48. The minimum Gasteiger partial charge on any atom is -0.512 e. The van der Waals surface area contributed by atoms with Crippen LogP contribution in [0, 0.1) is 23.3 Å². The molecule has 1 aliphatic rings. The van der Waals surface area contributed by atoms with Gasteiger partial charge >= 0.3 is 6.18 Å². The number of aromatic nitrogens is 1. The summed E-state index contributed by atoms with van der Waals surface area (Å²) in [5.74, 6) is 1.50. The van der Waals surface area contributed by atoms with Crippen molar-refractivity contribution in [3.05, 3.63) is 101 Å². The van der Waals surface area contributed by atoms with Gasteiger partial charge in [0.05, 0.1) is 11.3 Å². The Labute approximate surface area is 327 Å². The number of pyridine rings is 1. The molecule has 289 valence electrons. The number of benzene rings is 2. The third-order valence-electron chi connectivity index (χ3n) is 9.85. The average molecular weight is 907 g/mol. The van der Waals surface area contributed by atoms with Gasteiger partial charge in [0, 0.05) is 61.9 Å². The smallest absolute Gasteiger partial charge is 0.417 e. The van der Waals surface area contributed by atoms with Gasteiger partial charge in [-0.3, -0.25) is 9.78 Å². The van der Waals surface area contributed by atoms with Gasteiger partial charge in [-0.1, -0.05) is 98.4 Å². The molecule has 0 bridgehead atoms. The minimum atomic E-state index is -4.53. The van der Waals surface area contributed by atoms with Crippen LogP contribution < -0.4 is 0 Å². The van der Waals surface area contributed by atoms with Gasteiger partial charge in [0.25, 0.3) is 0 Å². The molecule has 2 aromatic carbocycles. The summed E-state index contributed by atoms with van der Waals surface area (Å²) in [6.45, 7) is 20.7. The molecule has 2 heterocycles. The summed E-state index contributed by atoms with van der Waals surface area (Å²) in [4.78, 5) is 16.3. The molecule has 1 radical (unpaired) electrons. The number of hydrogen-bond acceptors (Lipinski definition) is 4. The molecule has 2 aromatic heterocycles. The first-order valence-corrected chi connectivity index (χ1v) is 18.6. The van der Waals surface area contributed by atoms with Gasteiger partial charge in [0.2, 0.25) is 0 Å². The summed E-state index contributed by atoms with van der Waals surface area (Å²) in [6, 6.07) is 18.4. The summed E-state index contributed by atoms with van der Waals surface area (Å²) in [5, 5.41) is 11.8. The second-order valence-corrected chi connectivity index (χ2v) is 16.1. The Morgan fingerprint density at radius 3 is 2.11 bits per heavy atom. The number of furan rings is 1. The summed E-state index contributed by atoms with van der Waals surface area (Å²) in [7, 11) is 0. The van der Waals surface area contributed by atoms with Crippen molar-refractivity contribution in [1.82, 2.24) is 4.98 Å². The molecular weight excluding hydrogens is 852 g/mol. The number of halogens is 3. The molecule has 0 fully saturated rings. The van der Waals surface area contributed by atoms with Gasteiger partial charge in [-0.2, -0.15) is 13.2 Å². The van der Waals surface area contributed by atoms with E-state index in [1.54, 1.807) is 12.1 Å². The maximum absolute atomic E-state index is 14.5. The molecule has 0 saturated heterocycles. The fourth-order valence-electron chi connectivity index (χ4n) is 7.02. The van der Waals surface area contributed by atoms with Crippen LogP contribution >= 0.6 is 0 Å². The van der Waals surface area contributed by atoms with Crippen molar-refractivity contribution in [2.75, 3.05) is 0 Å². The quantitative estimate of drug-likeness (QED) is 0.0978. The van der Waals surface area contributed by atoms with Crippen LogP contribution in [0.25, 0.3) is 33.2 Å². The third kappa shape index (κ3) is 10.6. The number of rotatable bonds is 10. The number of allylic oxidation sites excluding steroid dienone is 4. The van der Waals surface area contributed by atoms with E-state index in [4.69, 9.17) is 4.42 Å². The van der Waals surface area contributed by atoms with E-state index in [1.807, 2.05) is 52.0 Å². The van der Waals surface area contributed by atoms with Crippen molar-refractivity contribution in [3.8, 4) is 11.3 Å². The zero-order valence-electron chi connectivity index (χ0n) is 32.8. The van der Waals surface area contributed by atoms with Crippen LogP contribution in [0.5, 0.6) is 0 Å². The van der Waals surface area contributed by atoms with Crippen LogP contribution in [0.3, 0.4) is 0 Å². The fourth-order valence-corrected chi connectivity index (χ4v) is 7.02. The Balaban J connectivity index is 0.000000403. The largest absolute Gasteiger partial charge is 0.512 e. The van der Waals surface area contributed by atoms with Crippen molar-refractivity contribution in [1.29, 1.82) is 0 Å². The molecule has 0 unspecified atom stereocenters. The minimum absolute atomic E-state index is 0. The number of ketones is 1. The predicted molar refractivity (Wildman–Crippen MR) is 207 cm³/mol. The van der Waals surface area contributed by atoms with Gasteiger partial charge in [-0.15, -0.1) is 29.1 Å². The second-order valence-electron chi connectivity index (χ2n) is 16.1. The molecule has 53 heavy (non-hydrogen) atoms. The number of hydrogen-bond donors (Lipinski definition) is 1. The van der Waals surface area contributed by atoms with Crippen molar-refractivity contribution in [2.24, 2.45) is 17.3 Å². The zero-order valence-corrected chi connectivity index (χ0v) is 35.2. The van der Waals surface area contributed by atoms with E-state index in [-0.39, 0.29) is 77.6 Å². The second kappa shape index (κ2) is 17.8. The van der Waals surface area contributed by atoms with Crippen molar-refractivity contribution >= 4 is 27.7 Å². The molecule has 1 N–H and O–H groups in total. The van der Waals surface area contributed by atoms with Gasteiger partial charge in [-0.05, 0) is 72.3 Å². The van der Waals surface area contributed by atoms with Crippen molar-refractivity contribution in [2.45, 2.75) is 119 Å². The molecule has 0 amide bonds. The van der Waals surface area contributed by atoms with Crippen LogP contribution in [-0.4, -0.2) is 22.1 Å². The molecule has 5 rings (SSSR count). The van der Waals surface area contributed by atoms with E-state index >= 15 is 0 Å². The first kappa shape index (κ1) is 43.9. The van der Waals surface area contributed by atoms with E-state index in [0.717, 1.165) is 42.0 Å². The SMILES string of the molecule is CC(C)(C)Cc1ccc(C2=C(C(F)(F)F)c3ccnc(-c4[c-]c5ccccc5c(C(C)(C)C)c4)c3C2)o1.CCC(CC)C(=O)/C=C(\O)C(CC)CC.[Ir]. The Morgan fingerprint density at radius 1 is 0.925 bits per heavy atom. The molecule has 4 aromatic rings. The topological polar surface area (TPSA) is 63.3 Å². The molecular formula is C45H55F3IrNO3-. The maximum atomic E-state index is 14.5. The number of carbonyl (C=O) groups excluding carboxylic acids is 1. The van der Waals surface area contributed by atoms with Crippen LogP contribution in [0.4, 0.5) is 13.2 Å². The van der Waals surface area contributed by atoms with Crippen molar-refractivity contribution < 1.29 is 47.6 Å². The van der Waals surface area contributed by atoms with Gasteiger partial charge in [-0.25, -0.2) is 0 Å². The normalized spacial score (nSPS) is 13.7. The molecule has 4 nitrogen and oxygen atoms in total. The maximum Gasteiger partial charge on any atom is 0.417 e. The van der Waals surface area contributed by atoms with Crippen molar-refractivity contribution in [3.63, 3.8) is 0 Å². The Morgan fingerprint density at radius 2 is 1.55 bits per heavy atom. The van der Waals surface area contributed by atoms with Gasteiger partial charge in [0.1, 0.15) is 11.5 Å². The Bertz CT molecular complexity index is 1930. The molecule has 0 saturated carbocycles. The average Bonchev–Trinajstić information content (AvgIpc) is 3.69. The van der Waals surface area contributed by atoms with E-state index in [2.05, 4.69) is 58.7 Å². The number of nitrogens with zero attached hydrogens (tertiary/aromatic N) is 1. The zero-order chi connectivity index (χ0) is 38.6. The molecule has 1 aliphatic carbocycles. The van der Waals surface area contributed by atoms with Gasteiger partial charge < -0.3 is 9.52 Å². The predicted octanol–water partition coefficient (Wildman–Crippen LogP) is 13.1. The Kier molecular flexibility index (Phi) is 14.7. The number of alkyl halides is 3. The summed E-state index contributed by atoms with van der Waals surface area (Å²) >= 11 is 0. The van der Waals surface area contributed by atoms with Crippen LogP contribution in [0.2, 0.25) is 0 Å². The number of fused-ring (bicyclic) bond motifs is 2. The van der Waals surface area contributed by atoms with Crippen LogP contribution in [0.15, 0.2) is 71.0 Å². The molecule has 0 aliphatic heterocycles. The summed E-state index contributed by atoms with van der Waals surface area (Å²) in [5.41, 5.74) is 2.39. The van der Waals surface area contributed by atoms with E-state index in [9.17, 15) is 23.1 Å². The number of aliphatic hydroxyl groups excluding tert-OH is 1. The van der Waals surface area contributed by atoms with Crippen LogP contribution in [0.1, 0.15) is 123 Å². The molecule has 0 atom stereocenters. The van der Waals surface area contributed by atoms with E-state index in [0.29, 0.717) is 29.0 Å². The number of carbonyl (C=O) groups is 1. The fraction of sp³-hybridized carbons (Fsp3) is 0.467. The number of aliphatic hydroxyl groups is 1. The summed E-state index contributed by atoms with van der Waals surface area (Å²) < 4.78 is 49.4.